The SMILES string of the molecule is Cn1c(NCC2CCCCC2CO)nc2ccccc21. The molecule has 3 rings (SSSR count). The van der Waals surface area contributed by atoms with E-state index in [1.165, 1.54) is 19.3 Å². The van der Waals surface area contributed by atoms with E-state index in [0.29, 0.717) is 18.4 Å². The Labute approximate surface area is 119 Å². The molecule has 0 amide bonds. The zero-order chi connectivity index (χ0) is 13.9. The summed E-state index contributed by atoms with van der Waals surface area (Å²) in [6.45, 7) is 1.22. The number of anilines is 1. The highest BCUT2D eigenvalue weighted by molar-refractivity contribution is 5.78. The van der Waals surface area contributed by atoms with Gasteiger partial charge in [0.15, 0.2) is 0 Å². The minimum Gasteiger partial charge on any atom is -0.396 e. The number of imidazole rings is 1. The van der Waals surface area contributed by atoms with Crippen LogP contribution in [0.1, 0.15) is 25.7 Å². The van der Waals surface area contributed by atoms with E-state index in [9.17, 15) is 5.11 Å². The second-order valence-electron chi connectivity index (χ2n) is 5.85. The van der Waals surface area contributed by atoms with Gasteiger partial charge in [-0.2, -0.15) is 0 Å². The third-order valence-corrected chi connectivity index (χ3v) is 4.61. The van der Waals surface area contributed by atoms with Crippen molar-refractivity contribution in [3.05, 3.63) is 24.3 Å². The summed E-state index contributed by atoms with van der Waals surface area (Å²) in [4.78, 5) is 4.64. The molecule has 0 saturated heterocycles. The average molecular weight is 273 g/mol. The Hall–Kier alpha value is -1.55. The summed E-state index contributed by atoms with van der Waals surface area (Å²) in [5, 5.41) is 13.0. The quantitative estimate of drug-likeness (QED) is 0.900. The van der Waals surface area contributed by atoms with Crippen LogP contribution in [0.5, 0.6) is 0 Å². The van der Waals surface area contributed by atoms with Crippen molar-refractivity contribution >= 4 is 17.0 Å². The predicted octanol–water partition coefficient (Wildman–Crippen LogP) is 2.78. The lowest BCUT2D eigenvalue weighted by Crippen LogP contribution is -2.29. The molecule has 1 aliphatic rings. The topological polar surface area (TPSA) is 50.1 Å². The second-order valence-corrected chi connectivity index (χ2v) is 5.85. The van der Waals surface area contributed by atoms with Gasteiger partial charge < -0.3 is 15.0 Å². The minimum absolute atomic E-state index is 0.314. The highest BCUT2D eigenvalue weighted by atomic mass is 16.3. The molecule has 1 aromatic carbocycles. The summed E-state index contributed by atoms with van der Waals surface area (Å²) in [6.07, 6.45) is 4.91. The third kappa shape index (κ3) is 2.52. The van der Waals surface area contributed by atoms with Gasteiger partial charge in [-0.3, -0.25) is 0 Å². The molecule has 4 nitrogen and oxygen atoms in total. The number of hydrogen-bond acceptors (Lipinski definition) is 3. The van der Waals surface area contributed by atoms with E-state index in [0.717, 1.165) is 29.9 Å². The van der Waals surface area contributed by atoms with Crippen molar-refractivity contribution in [2.45, 2.75) is 25.7 Å². The number of nitrogens with one attached hydrogen (secondary N) is 1. The number of hydrogen-bond donors (Lipinski definition) is 2. The molecule has 2 unspecified atom stereocenters. The first kappa shape index (κ1) is 13.4. The van der Waals surface area contributed by atoms with E-state index in [4.69, 9.17) is 0 Å². The maximum Gasteiger partial charge on any atom is 0.203 e. The van der Waals surface area contributed by atoms with Crippen LogP contribution in [0, 0.1) is 11.8 Å². The molecule has 2 N–H and O–H groups in total. The van der Waals surface area contributed by atoms with Crippen LogP contribution in [0.15, 0.2) is 24.3 Å². The number of aromatic nitrogens is 2. The number of para-hydroxylation sites is 2. The van der Waals surface area contributed by atoms with Gasteiger partial charge in [-0.15, -0.1) is 0 Å². The number of fused-ring (bicyclic) bond motifs is 1. The van der Waals surface area contributed by atoms with E-state index < -0.39 is 0 Å². The molecule has 2 aromatic rings. The standard InChI is InChI=1S/C16H23N3O/c1-19-15-9-5-4-8-14(15)18-16(19)17-10-12-6-2-3-7-13(12)11-20/h4-5,8-9,12-13,20H,2-3,6-7,10-11H2,1H3,(H,17,18). The molecule has 0 bridgehead atoms. The van der Waals surface area contributed by atoms with Gasteiger partial charge >= 0.3 is 0 Å². The first-order chi connectivity index (χ1) is 9.79. The second kappa shape index (κ2) is 5.83. The summed E-state index contributed by atoms with van der Waals surface area (Å²) in [5.74, 6) is 1.94. The lowest BCUT2D eigenvalue weighted by Gasteiger charge is -2.30. The molecule has 1 aromatic heterocycles. The van der Waals surface area contributed by atoms with Gasteiger partial charge in [-0.25, -0.2) is 4.98 Å². The molecule has 1 saturated carbocycles. The normalized spacial score (nSPS) is 23.1. The fraction of sp³-hybridized carbons (Fsp3) is 0.562. The van der Waals surface area contributed by atoms with E-state index >= 15 is 0 Å². The van der Waals surface area contributed by atoms with Crippen molar-refractivity contribution in [3.8, 4) is 0 Å². The van der Waals surface area contributed by atoms with E-state index in [1.54, 1.807) is 0 Å². The maximum atomic E-state index is 9.48. The first-order valence-corrected chi connectivity index (χ1v) is 7.56. The van der Waals surface area contributed by atoms with Crippen LogP contribution in [0.4, 0.5) is 5.95 Å². The number of aryl methyl sites for hydroxylation is 1. The van der Waals surface area contributed by atoms with Gasteiger partial charge in [0.1, 0.15) is 0 Å². The number of aliphatic hydroxyl groups excluding tert-OH is 1. The molecule has 0 aliphatic heterocycles. The number of rotatable bonds is 4. The largest absolute Gasteiger partial charge is 0.396 e. The molecule has 4 heteroatoms. The summed E-state index contributed by atoms with van der Waals surface area (Å²) in [5.41, 5.74) is 2.18. The Morgan fingerprint density at radius 1 is 1.25 bits per heavy atom. The number of aliphatic hydroxyl groups is 1. The Kier molecular flexibility index (Phi) is 3.92. The molecule has 0 radical (unpaired) electrons. The van der Waals surface area contributed by atoms with Crippen LogP contribution >= 0.6 is 0 Å². The summed E-state index contributed by atoms with van der Waals surface area (Å²) < 4.78 is 2.10. The van der Waals surface area contributed by atoms with E-state index in [-0.39, 0.29) is 0 Å². The highest BCUT2D eigenvalue weighted by Crippen LogP contribution is 2.30. The Morgan fingerprint density at radius 2 is 2.00 bits per heavy atom. The number of benzene rings is 1. The molecule has 1 heterocycles. The Balaban J connectivity index is 1.71. The Bertz CT molecular complexity index is 578. The molecule has 20 heavy (non-hydrogen) atoms. The van der Waals surface area contributed by atoms with Crippen LogP contribution in [-0.4, -0.2) is 27.8 Å². The lowest BCUT2D eigenvalue weighted by atomic mass is 9.80. The zero-order valence-corrected chi connectivity index (χ0v) is 12.0. The van der Waals surface area contributed by atoms with Crippen LogP contribution in [0.3, 0.4) is 0 Å². The Morgan fingerprint density at radius 3 is 2.75 bits per heavy atom. The monoisotopic (exact) mass is 273 g/mol. The fourth-order valence-electron chi connectivity index (χ4n) is 3.32. The summed E-state index contributed by atoms with van der Waals surface area (Å²) in [7, 11) is 2.04. The van der Waals surface area contributed by atoms with Gasteiger partial charge in [-0.1, -0.05) is 25.0 Å². The van der Waals surface area contributed by atoms with Crippen LogP contribution in [-0.2, 0) is 7.05 Å². The van der Waals surface area contributed by atoms with Crippen molar-refractivity contribution in [1.82, 2.24) is 9.55 Å². The molecule has 108 valence electrons. The van der Waals surface area contributed by atoms with E-state index in [2.05, 4.69) is 20.9 Å². The average Bonchev–Trinajstić information content (AvgIpc) is 2.82. The summed E-state index contributed by atoms with van der Waals surface area (Å²) in [6, 6.07) is 8.18. The van der Waals surface area contributed by atoms with E-state index in [1.807, 2.05) is 25.2 Å². The van der Waals surface area contributed by atoms with Crippen molar-refractivity contribution in [3.63, 3.8) is 0 Å². The number of nitrogens with zero attached hydrogens (tertiary/aromatic N) is 2. The molecule has 2 atom stereocenters. The van der Waals surface area contributed by atoms with Gasteiger partial charge in [0, 0.05) is 20.2 Å². The van der Waals surface area contributed by atoms with Crippen LogP contribution in [0.2, 0.25) is 0 Å². The lowest BCUT2D eigenvalue weighted by molar-refractivity contribution is 0.141. The van der Waals surface area contributed by atoms with Gasteiger partial charge in [-0.05, 0) is 36.8 Å². The summed E-state index contributed by atoms with van der Waals surface area (Å²) >= 11 is 0. The van der Waals surface area contributed by atoms with Crippen LogP contribution in [0.25, 0.3) is 11.0 Å². The van der Waals surface area contributed by atoms with Gasteiger partial charge in [0.2, 0.25) is 5.95 Å². The van der Waals surface area contributed by atoms with Crippen molar-refractivity contribution in [1.29, 1.82) is 0 Å². The fourth-order valence-corrected chi connectivity index (χ4v) is 3.32. The molecular formula is C16H23N3O. The smallest absolute Gasteiger partial charge is 0.203 e. The van der Waals surface area contributed by atoms with Crippen molar-refractivity contribution in [2.24, 2.45) is 18.9 Å². The van der Waals surface area contributed by atoms with Gasteiger partial charge in [0.05, 0.1) is 11.0 Å². The molecule has 1 aliphatic carbocycles. The maximum absolute atomic E-state index is 9.48. The minimum atomic E-state index is 0.314. The third-order valence-electron chi connectivity index (χ3n) is 4.61. The highest BCUT2D eigenvalue weighted by Gasteiger charge is 2.24. The molecular weight excluding hydrogens is 250 g/mol. The first-order valence-electron chi connectivity index (χ1n) is 7.56. The zero-order valence-electron chi connectivity index (χ0n) is 12.0. The molecule has 1 fully saturated rings. The molecule has 0 spiro atoms. The predicted molar refractivity (Wildman–Crippen MR) is 81.7 cm³/mol. The van der Waals surface area contributed by atoms with Crippen LogP contribution < -0.4 is 5.32 Å². The van der Waals surface area contributed by atoms with Gasteiger partial charge in [0.25, 0.3) is 0 Å². The van der Waals surface area contributed by atoms with Crippen molar-refractivity contribution in [2.75, 3.05) is 18.5 Å². The van der Waals surface area contributed by atoms with Crippen molar-refractivity contribution < 1.29 is 5.11 Å².